The molecule has 6 N–H and O–H groups in total. The van der Waals surface area contributed by atoms with Crippen molar-refractivity contribution in [3.8, 4) is 35.5 Å². The van der Waals surface area contributed by atoms with E-state index in [0.29, 0.717) is 66.8 Å². The van der Waals surface area contributed by atoms with Crippen LogP contribution in [0.4, 0.5) is 0 Å². The maximum Gasteiger partial charge on any atom is 0.0682 e. The molecule has 4 aromatic rings. The molecule has 0 unspecified atom stereocenters. The van der Waals surface area contributed by atoms with Crippen LogP contribution in [0, 0.1) is 35.5 Å². The predicted molar refractivity (Wildman–Crippen MR) is 159 cm³/mol. The summed E-state index contributed by atoms with van der Waals surface area (Å²) in [6.45, 7) is -1.01. The van der Waals surface area contributed by atoms with Crippen molar-refractivity contribution in [1.29, 1.82) is 0 Å². The molecule has 0 amide bonds. The Morgan fingerprint density at radius 1 is 0.262 bits per heavy atom. The van der Waals surface area contributed by atoms with E-state index < -0.39 is 0 Å². The topological polar surface area (TPSA) is 121 Å². The zero-order valence-electron chi connectivity index (χ0n) is 22.9. The first-order valence-corrected chi connectivity index (χ1v) is 13.2. The molecule has 4 rings (SSSR count). The second kappa shape index (κ2) is 14.8. The molecule has 210 valence electrons. The standard InChI is InChI=1S/C36H30O6/c37-19-31-10-28(11-32(16-31)20-38)4-1-25-7-26(2-5-29-12-33(21-39)17-34(13-29)22-40)9-27(8-25)3-6-30-14-35(23-41)18-36(15-30)24-42/h7-18,37-42H,19-24H2. The van der Waals surface area contributed by atoms with Crippen LogP contribution in [0.25, 0.3) is 0 Å². The van der Waals surface area contributed by atoms with Gasteiger partial charge in [0.15, 0.2) is 0 Å². The fourth-order valence-corrected chi connectivity index (χ4v) is 4.33. The average molecular weight is 559 g/mol. The lowest BCUT2D eigenvalue weighted by atomic mass is 10.0. The minimum absolute atomic E-state index is 0.168. The van der Waals surface area contributed by atoms with Gasteiger partial charge in [0.25, 0.3) is 0 Å². The van der Waals surface area contributed by atoms with Gasteiger partial charge >= 0.3 is 0 Å². The molecule has 0 heterocycles. The molecule has 0 fully saturated rings. The molecule has 0 saturated carbocycles. The van der Waals surface area contributed by atoms with Crippen LogP contribution in [-0.4, -0.2) is 30.6 Å². The molecular formula is C36H30O6. The number of rotatable bonds is 6. The van der Waals surface area contributed by atoms with Crippen LogP contribution in [-0.2, 0) is 39.6 Å². The molecule has 42 heavy (non-hydrogen) atoms. The SMILES string of the molecule is OCc1cc(C#Cc2cc(C#Cc3cc(CO)cc(CO)c3)cc(C#Cc3cc(CO)cc(CO)c3)c2)cc(CO)c1. The van der Waals surface area contributed by atoms with E-state index in [1.165, 1.54) is 0 Å². The van der Waals surface area contributed by atoms with Gasteiger partial charge in [-0.15, -0.1) is 0 Å². The molecule has 0 saturated heterocycles. The molecular weight excluding hydrogens is 528 g/mol. The van der Waals surface area contributed by atoms with Gasteiger partial charge in [-0.3, -0.25) is 0 Å². The van der Waals surface area contributed by atoms with E-state index in [0.717, 1.165) is 0 Å². The molecule has 0 aliphatic carbocycles. The van der Waals surface area contributed by atoms with Crippen LogP contribution < -0.4 is 0 Å². The molecule has 0 atom stereocenters. The monoisotopic (exact) mass is 558 g/mol. The average Bonchev–Trinajstić information content (AvgIpc) is 3.04. The van der Waals surface area contributed by atoms with Crippen LogP contribution in [0.2, 0.25) is 0 Å². The zero-order valence-corrected chi connectivity index (χ0v) is 22.9. The number of benzene rings is 4. The van der Waals surface area contributed by atoms with Crippen LogP contribution in [0.5, 0.6) is 0 Å². The predicted octanol–water partition coefficient (Wildman–Crippen LogP) is 2.84. The van der Waals surface area contributed by atoms with Crippen molar-refractivity contribution in [3.05, 3.63) is 140 Å². The highest BCUT2D eigenvalue weighted by Gasteiger charge is 2.03. The number of aliphatic hydroxyl groups is 6. The summed E-state index contributed by atoms with van der Waals surface area (Å²) in [5.41, 5.74) is 7.76. The molecule has 0 aliphatic rings. The molecule has 0 aromatic heterocycles. The van der Waals surface area contributed by atoms with Gasteiger partial charge in [-0.2, -0.15) is 0 Å². The Hall–Kier alpha value is -4.68. The molecule has 0 bridgehead atoms. The van der Waals surface area contributed by atoms with Gasteiger partial charge in [0, 0.05) is 33.4 Å². The maximum absolute atomic E-state index is 9.56. The van der Waals surface area contributed by atoms with Gasteiger partial charge in [-0.1, -0.05) is 53.7 Å². The fraction of sp³-hybridized carbons (Fsp3) is 0.167. The summed E-state index contributed by atoms with van der Waals surface area (Å²) in [5, 5.41) is 57.4. The van der Waals surface area contributed by atoms with Crippen molar-refractivity contribution in [2.75, 3.05) is 0 Å². The fourth-order valence-electron chi connectivity index (χ4n) is 4.33. The Labute approximate surface area is 245 Å². The Morgan fingerprint density at radius 2 is 0.429 bits per heavy atom. The highest BCUT2D eigenvalue weighted by molar-refractivity contribution is 5.56. The minimum atomic E-state index is -0.168. The van der Waals surface area contributed by atoms with Crippen LogP contribution in [0.1, 0.15) is 66.8 Å². The first-order valence-electron chi connectivity index (χ1n) is 13.2. The molecule has 0 spiro atoms. The summed E-state index contributed by atoms with van der Waals surface area (Å²) in [5.74, 6) is 18.7. The van der Waals surface area contributed by atoms with Crippen molar-refractivity contribution in [2.45, 2.75) is 39.6 Å². The molecule has 6 nitrogen and oxygen atoms in total. The van der Waals surface area contributed by atoms with E-state index >= 15 is 0 Å². The van der Waals surface area contributed by atoms with Gasteiger partial charge in [0.1, 0.15) is 0 Å². The van der Waals surface area contributed by atoms with E-state index in [9.17, 15) is 30.6 Å². The van der Waals surface area contributed by atoms with E-state index in [4.69, 9.17) is 0 Å². The summed E-state index contributed by atoms with van der Waals surface area (Å²) < 4.78 is 0. The summed E-state index contributed by atoms with van der Waals surface area (Å²) in [6, 6.07) is 21.2. The zero-order chi connectivity index (χ0) is 29.9. The quantitative estimate of drug-likeness (QED) is 0.203. The molecule has 6 heteroatoms. The smallest absolute Gasteiger partial charge is 0.0682 e. The van der Waals surface area contributed by atoms with Gasteiger partial charge in [0.2, 0.25) is 0 Å². The Morgan fingerprint density at radius 3 is 0.595 bits per heavy atom. The Balaban J connectivity index is 1.79. The third-order valence-electron chi connectivity index (χ3n) is 6.24. The Bertz CT molecular complexity index is 1480. The molecule has 4 aromatic carbocycles. The van der Waals surface area contributed by atoms with Crippen molar-refractivity contribution in [3.63, 3.8) is 0 Å². The van der Waals surface area contributed by atoms with Crippen molar-refractivity contribution < 1.29 is 30.6 Å². The maximum atomic E-state index is 9.56. The van der Waals surface area contributed by atoms with Crippen molar-refractivity contribution >= 4 is 0 Å². The summed E-state index contributed by atoms with van der Waals surface area (Å²) in [4.78, 5) is 0. The second-order valence-corrected chi connectivity index (χ2v) is 9.61. The van der Waals surface area contributed by atoms with Crippen LogP contribution in [0.3, 0.4) is 0 Å². The number of aliphatic hydroxyl groups excluding tert-OH is 6. The normalized spacial score (nSPS) is 10.1. The third kappa shape index (κ3) is 8.41. The van der Waals surface area contributed by atoms with Crippen molar-refractivity contribution in [1.82, 2.24) is 0 Å². The lowest BCUT2D eigenvalue weighted by molar-refractivity contribution is 0.275. The molecule has 0 aliphatic heterocycles. The van der Waals surface area contributed by atoms with Crippen LogP contribution >= 0.6 is 0 Å². The first kappa shape index (κ1) is 30.3. The third-order valence-corrected chi connectivity index (χ3v) is 6.24. The first-order chi connectivity index (χ1) is 20.4. The number of hydrogen-bond acceptors (Lipinski definition) is 6. The lowest BCUT2D eigenvalue weighted by Gasteiger charge is -2.03. The highest BCUT2D eigenvalue weighted by atomic mass is 16.3. The molecule has 0 radical (unpaired) electrons. The van der Waals surface area contributed by atoms with E-state index in [2.05, 4.69) is 35.5 Å². The van der Waals surface area contributed by atoms with Gasteiger partial charge < -0.3 is 30.6 Å². The second-order valence-electron chi connectivity index (χ2n) is 9.61. The van der Waals surface area contributed by atoms with Crippen molar-refractivity contribution in [2.24, 2.45) is 0 Å². The lowest BCUT2D eigenvalue weighted by Crippen LogP contribution is -1.92. The van der Waals surface area contributed by atoms with Gasteiger partial charge in [-0.25, -0.2) is 0 Å². The Kier molecular flexibility index (Phi) is 10.7. The van der Waals surface area contributed by atoms with E-state index in [-0.39, 0.29) is 39.6 Å². The number of hydrogen-bond donors (Lipinski definition) is 6. The highest BCUT2D eigenvalue weighted by Crippen LogP contribution is 2.15. The largest absolute Gasteiger partial charge is 0.392 e. The van der Waals surface area contributed by atoms with Gasteiger partial charge in [-0.05, 0) is 88.0 Å². The minimum Gasteiger partial charge on any atom is -0.392 e. The van der Waals surface area contributed by atoms with E-state index in [1.807, 2.05) is 18.2 Å². The summed E-state index contributed by atoms with van der Waals surface area (Å²) in [7, 11) is 0. The summed E-state index contributed by atoms with van der Waals surface area (Å²) >= 11 is 0. The summed E-state index contributed by atoms with van der Waals surface area (Å²) in [6.07, 6.45) is 0. The van der Waals surface area contributed by atoms with Gasteiger partial charge in [0.05, 0.1) is 39.6 Å². The van der Waals surface area contributed by atoms with Crippen LogP contribution in [0.15, 0.2) is 72.8 Å². The van der Waals surface area contributed by atoms with E-state index in [1.54, 1.807) is 54.6 Å².